The Morgan fingerprint density at radius 3 is 2.50 bits per heavy atom. The molecule has 0 bridgehead atoms. The fraction of sp³-hybridized carbons (Fsp3) is 0.278. The standard InChI is InChI=1S/C18H19FN2O4S/c1-12-3-6-15(9-13(12)2)21-11-16(25-18(21)22)10-20-26(23,24)17-7-4-14(19)5-8-17/h3-9,16,20H,10-11H2,1-2H3. The number of ether oxygens (including phenoxy) is 1. The number of carbonyl (C=O) groups excluding carboxylic acids is 1. The number of nitrogens with zero attached hydrogens (tertiary/aromatic N) is 1. The van der Waals surface area contributed by atoms with E-state index in [1.165, 1.54) is 17.0 Å². The number of nitrogens with one attached hydrogen (secondary N) is 1. The normalized spacial score (nSPS) is 17.4. The van der Waals surface area contributed by atoms with E-state index >= 15 is 0 Å². The number of cyclic esters (lactones) is 1. The van der Waals surface area contributed by atoms with E-state index in [0.717, 1.165) is 23.3 Å². The fourth-order valence-corrected chi connectivity index (χ4v) is 3.70. The Morgan fingerprint density at radius 2 is 1.85 bits per heavy atom. The van der Waals surface area contributed by atoms with Gasteiger partial charge in [-0.05, 0) is 61.4 Å². The van der Waals surface area contributed by atoms with Gasteiger partial charge in [-0.2, -0.15) is 0 Å². The highest BCUT2D eigenvalue weighted by molar-refractivity contribution is 7.89. The average Bonchev–Trinajstić information content (AvgIpc) is 2.97. The molecular formula is C18H19FN2O4S. The summed E-state index contributed by atoms with van der Waals surface area (Å²) in [6, 6.07) is 10.1. The number of hydrogen-bond acceptors (Lipinski definition) is 4. The number of anilines is 1. The first-order chi connectivity index (χ1) is 12.3. The molecule has 1 saturated heterocycles. The van der Waals surface area contributed by atoms with Gasteiger partial charge >= 0.3 is 6.09 Å². The van der Waals surface area contributed by atoms with Crippen molar-refractivity contribution >= 4 is 21.8 Å². The quantitative estimate of drug-likeness (QED) is 0.868. The third-order valence-corrected chi connectivity index (χ3v) is 5.74. The minimum absolute atomic E-state index is 0.0470. The van der Waals surface area contributed by atoms with Crippen molar-refractivity contribution in [2.75, 3.05) is 18.0 Å². The summed E-state index contributed by atoms with van der Waals surface area (Å²) >= 11 is 0. The van der Waals surface area contributed by atoms with Gasteiger partial charge in [0.25, 0.3) is 0 Å². The van der Waals surface area contributed by atoms with E-state index in [9.17, 15) is 17.6 Å². The second-order valence-electron chi connectivity index (χ2n) is 6.19. The van der Waals surface area contributed by atoms with Gasteiger partial charge in [0.15, 0.2) is 0 Å². The number of carbonyl (C=O) groups is 1. The molecule has 1 atom stereocenters. The van der Waals surface area contributed by atoms with Crippen LogP contribution in [0.15, 0.2) is 47.4 Å². The van der Waals surface area contributed by atoms with Gasteiger partial charge < -0.3 is 4.74 Å². The molecule has 3 rings (SSSR count). The largest absolute Gasteiger partial charge is 0.443 e. The molecule has 1 N–H and O–H groups in total. The highest BCUT2D eigenvalue weighted by Crippen LogP contribution is 2.24. The zero-order valence-electron chi connectivity index (χ0n) is 14.4. The lowest BCUT2D eigenvalue weighted by molar-refractivity contribution is 0.143. The number of halogens is 1. The molecule has 0 spiro atoms. The molecule has 1 unspecified atom stereocenters. The molecular weight excluding hydrogens is 359 g/mol. The van der Waals surface area contributed by atoms with E-state index in [0.29, 0.717) is 5.69 Å². The first-order valence-electron chi connectivity index (χ1n) is 8.07. The van der Waals surface area contributed by atoms with Crippen LogP contribution in [0, 0.1) is 19.7 Å². The third kappa shape index (κ3) is 3.86. The van der Waals surface area contributed by atoms with Gasteiger partial charge in [0.1, 0.15) is 11.9 Å². The molecule has 1 fully saturated rings. The van der Waals surface area contributed by atoms with Crippen LogP contribution in [-0.4, -0.2) is 33.7 Å². The summed E-state index contributed by atoms with van der Waals surface area (Å²) < 4.78 is 45.0. The van der Waals surface area contributed by atoms with Gasteiger partial charge in [-0.1, -0.05) is 6.07 Å². The molecule has 8 heteroatoms. The molecule has 0 saturated carbocycles. The summed E-state index contributed by atoms with van der Waals surface area (Å²) in [6.45, 7) is 4.11. The molecule has 1 heterocycles. The minimum Gasteiger partial charge on any atom is -0.443 e. The zero-order chi connectivity index (χ0) is 18.9. The Balaban J connectivity index is 1.65. The van der Waals surface area contributed by atoms with E-state index in [-0.39, 0.29) is 18.0 Å². The van der Waals surface area contributed by atoms with Gasteiger partial charge in [0.05, 0.1) is 11.4 Å². The predicted octanol–water partition coefficient (Wildman–Crippen LogP) is 2.75. The Morgan fingerprint density at radius 1 is 1.15 bits per heavy atom. The van der Waals surface area contributed by atoms with E-state index in [2.05, 4.69) is 4.72 Å². The number of benzene rings is 2. The van der Waals surface area contributed by atoms with Crippen LogP contribution in [0.3, 0.4) is 0 Å². The first kappa shape index (κ1) is 18.3. The lowest BCUT2D eigenvalue weighted by Crippen LogP contribution is -2.34. The first-order valence-corrected chi connectivity index (χ1v) is 9.55. The molecule has 1 aliphatic heterocycles. The Hall–Kier alpha value is -2.45. The van der Waals surface area contributed by atoms with Crippen LogP contribution in [0.25, 0.3) is 0 Å². The minimum atomic E-state index is -3.80. The van der Waals surface area contributed by atoms with Crippen molar-refractivity contribution in [1.29, 1.82) is 0 Å². The second kappa shape index (κ2) is 7.05. The van der Waals surface area contributed by atoms with E-state index < -0.39 is 28.0 Å². The number of aryl methyl sites for hydroxylation is 2. The summed E-state index contributed by atoms with van der Waals surface area (Å²) in [6.07, 6.45) is -1.13. The molecule has 6 nitrogen and oxygen atoms in total. The van der Waals surface area contributed by atoms with Crippen molar-refractivity contribution in [2.24, 2.45) is 0 Å². The van der Waals surface area contributed by atoms with E-state index in [1.54, 1.807) is 0 Å². The van der Waals surface area contributed by atoms with Gasteiger partial charge in [0.2, 0.25) is 10.0 Å². The number of rotatable bonds is 5. The van der Waals surface area contributed by atoms with Crippen LogP contribution >= 0.6 is 0 Å². The molecule has 1 amide bonds. The van der Waals surface area contributed by atoms with Crippen LogP contribution < -0.4 is 9.62 Å². The molecule has 2 aromatic rings. The Labute approximate surface area is 151 Å². The maximum atomic E-state index is 12.9. The van der Waals surface area contributed by atoms with Crippen LogP contribution in [0.5, 0.6) is 0 Å². The highest BCUT2D eigenvalue weighted by Gasteiger charge is 2.33. The number of sulfonamides is 1. The number of amides is 1. The van der Waals surface area contributed by atoms with Gasteiger partial charge in [-0.15, -0.1) is 0 Å². The zero-order valence-corrected chi connectivity index (χ0v) is 15.2. The monoisotopic (exact) mass is 378 g/mol. The highest BCUT2D eigenvalue weighted by atomic mass is 32.2. The summed E-state index contributed by atoms with van der Waals surface area (Å²) in [4.78, 5) is 13.5. The Bertz CT molecular complexity index is 929. The molecule has 0 aliphatic carbocycles. The fourth-order valence-electron chi connectivity index (χ4n) is 2.63. The van der Waals surface area contributed by atoms with Crippen LogP contribution in [0.4, 0.5) is 14.9 Å². The molecule has 26 heavy (non-hydrogen) atoms. The summed E-state index contributed by atoms with van der Waals surface area (Å²) in [7, 11) is -3.80. The van der Waals surface area contributed by atoms with Crippen molar-refractivity contribution in [1.82, 2.24) is 4.72 Å². The predicted molar refractivity (Wildman–Crippen MR) is 95.1 cm³/mol. The molecule has 1 aliphatic rings. The summed E-state index contributed by atoms with van der Waals surface area (Å²) in [5.74, 6) is -0.516. The maximum Gasteiger partial charge on any atom is 0.414 e. The van der Waals surface area contributed by atoms with Crippen molar-refractivity contribution in [3.63, 3.8) is 0 Å². The van der Waals surface area contributed by atoms with Crippen LogP contribution in [0.1, 0.15) is 11.1 Å². The SMILES string of the molecule is Cc1ccc(N2CC(CNS(=O)(=O)c3ccc(F)cc3)OC2=O)cc1C. The molecule has 0 radical (unpaired) electrons. The van der Waals surface area contributed by atoms with Crippen LogP contribution in [0.2, 0.25) is 0 Å². The van der Waals surface area contributed by atoms with Crippen molar-refractivity contribution in [3.05, 3.63) is 59.4 Å². The number of hydrogen-bond donors (Lipinski definition) is 1. The maximum absolute atomic E-state index is 12.9. The molecule has 2 aromatic carbocycles. The van der Waals surface area contributed by atoms with Gasteiger partial charge in [-0.3, -0.25) is 4.90 Å². The third-order valence-electron chi connectivity index (χ3n) is 4.30. The average molecular weight is 378 g/mol. The summed E-state index contributed by atoms with van der Waals surface area (Å²) in [5.41, 5.74) is 2.88. The van der Waals surface area contributed by atoms with Crippen LogP contribution in [-0.2, 0) is 14.8 Å². The van der Waals surface area contributed by atoms with Gasteiger partial charge in [-0.25, -0.2) is 22.3 Å². The topological polar surface area (TPSA) is 75.7 Å². The second-order valence-corrected chi connectivity index (χ2v) is 7.96. The van der Waals surface area contributed by atoms with E-state index in [4.69, 9.17) is 4.74 Å². The molecule has 138 valence electrons. The lowest BCUT2D eigenvalue weighted by Gasteiger charge is -2.14. The van der Waals surface area contributed by atoms with Crippen molar-refractivity contribution in [3.8, 4) is 0 Å². The smallest absolute Gasteiger partial charge is 0.414 e. The van der Waals surface area contributed by atoms with E-state index in [1.807, 2.05) is 32.0 Å². The Kier molecular flexibility index (Phi) is 4.97. The van der Waals surface area contributed by atoms with Crippen molar-refractivity contribution in [2.45, 2.75) is 24.8 Å². The lowest BCUT2D eigenvalue weighted by atomic mass is 10.1. The van der Waals surface area contributed by atoms with Crippen molar-refractivity contribution < 1.29 is 22.3 Å². The van der Waals surface area contributed by atoms with Gasteiger partial charge in [0, 0.05) is 12.2 Å². The summed E-state index contributed by atoms with van der Waals surface area (Å²) in [5, 5.41) is 0. The molecule has 0 aromatic heterocycles.